The zero-order chi connectivity index (χ0) is 16.7. The highest BCUT2D eigenvalue weighted by atomic mass is 16.4. The predicted molar refractivity (Wildman–Crippen MR) is 83.7 cm³/mol. The number of nitrogens with one attached hydrogen (secondary N) is 2. The number of carbonyl (C=O) groups is 1. The van der Waals surface area contributed by atoms with Crippen LogP contribution in [-0.4, -0.2) is 38.5 Å². The van der Waals surface area contributed by atoms with Crippen LogP contribution in [0.5, 0.6) is 0 Å². The van der Waals surface area contributed by atoms with Crippen molar-refractivity contribution in [3.05, 3.63) is 36.3 Å². The van der Waals surface area contributed by atoms with Crippen LogP contribution in [-0.2, 0) is 13.0 Å². The lowest BCUT2D eigenvalue weighted by molar-refractivity contribution is 0.129. The first-order valence-electron chi connectivity index (χ1n) is 7.72. The summed E-state index contributed by atoms with van der Waals surface area (Å²) in [7, 11) is 0. The van der Waals surface area contributed by atoms with Gasteiger partial charge in [-0.3, -0.25) is 0 Å². The van der Waals surface area contributed by atoms with Crippen molar-refractivity contribution < 1.29 is 14.3 Å². The summed E-state index contributed by atoms with van der Waals surface area (Å²) in [5.41, 5.74) is 0. The molecule has 2 heterocycles. The lowest BCUT2D eigenvalue weighted by Gasteiger charge is -2.17. The van der Waals surface area contributed by atoms with Crippen LogP contribution >= 0.6 is 0 Å². The van der Waals surface area contributed by atoms with Crippen molar-refractivity contribution in [3.63, 3.8) is 0 Å². The van der Waals surface area contributed by atoms with Crippen molar-refractivity contribution in [2.24, 2.45) is 0 Å². The molecule has 0 radical (unpaired) electrons. The van der Waals surface area contributed by atoms with Gasteiger partial charge in [-0.25, -0.2) is 4.79 Å². The molecule has 2 aromatic rings. The monoisotopic (exact) mass is 321 g/mol. The Morgan fingerprint density at radius 2 is 2.35 bits per heavy atom. The maximum absolute atomic E-state index is 11.8. The summed E-state index contributed by atoms with van der Waals surface area (Å²) in [5, 5.41) is 23.4. The normalized spacial score (nSPS) is 13.5. The van der Waals surface area contributed by atoms with E-state index in [9.17, 15) is 9.90 Å². The van der Waals surface area contributed by atoms with Crippen molar-refractivity contribution in [1.82, 2.24) is 25.4 Å². The van der Waals surface area contributed by atoms with Crippen LogP contribution in [0, 0.1) is 0 Å². The third-order valence-corrected chi connectivity index (χ3v) is 3.48. The fraction of sp³-hybridized carbons (Fsp3) is 0.533. The maximum atomic E-state index is 11.8. The van der Waals surface area contributed by atoms with E-state index in [0.717, 1.165) is 12.2 Å². The zero-order valence-corrected chi connectivity index (χ0v) is 13.4. The average molecular weight is 321 g/mol. The molecule has 0 fully saturated rings. The Morgan fingerprint density at radius 1 is 1.52 bits per heavy atom. The quantitative estimate of drug-likeness (QED) is 0.678. The van der Waals surface area contributed by atoms with Crippen LogP contribution in [0.1, 0.15) is 38.0 Å². The SMILES string of the molecule is CCc1nncn1CCNC(=O)NC(C)CC(O)c1ccco1. The topological polar surface area (TPSA) is 105 Å². The largest absolute Gasteiger partial charge is 0.467 e. The number of amides is 2. The molecular weight excluding hydrogens is 298 g/mol. The van der Waals surface area contributed by atoms with Gasteiger partial charge in [0.1, 0.15) is 24.0 Å². The fourth-order valence-electron chi connectivity index (χ4n) is 2.30. The van der Waals surface area contributed by atoms with Gasteiger partial charge >= 0.3 is 6.03 Å². The van der Waals surface area contributed by atoms with Crippen LogP contribution in [0.2, 0.25) is 0 Å². The molecule has 0 aromatic carbocycles. The van der Waals surface area contributed by atoms with E-state index in [1.807, 2.05) is 18.4 Å². The van der Waals surface area contributed by atoms with Gasteiger partial charge in [-0.1, -0.05) is 6.92 Å². The zero-order valence-electron chi connectivity index (χ0n) is 13.4. The molecule has 8 nitrogen and oxygen atoms in total. The number of carbonyl (C=O) groups excluding carboxylic acids is 1. The molecule has 3 N–H and O–H groups in total. The third-order valence-electron chi connectivity index (χ3n) is 3.48. The number of aliphatic hydroxyl groups excluding tert-OH is 1. The highest BCUT2D eigenvalue weighted by molar-refractivity contribution is 5.74. The molecule has 0 saturated carbocycles. The number of aliphatic hydroxyl groups is 1. The molecule has 0 spiro atoms. The van der Waals surface area contributed by atoms with Crippen molar-refractivity contribution in [1.29, 1.82) is 0 Å². The number of rotatable bonds is 8. The second-order valence-corrected chi connectivity index (χ2v) is 5.36. The molecule has 2 atom stereocenters. The van der Waals surface area contributed by atoms with E-state index in [0.29, 0.717) is 25.3 Å². The number of aryl methyl sites for hydroxylation is 1. The molecular formula is C15H23N5O3. The number of urea groups is 1. The van der Waals surface area contributed by atoms with E-state index in [4.69, 9.17) is 4.42 Å². The molecule has 0 aliphatic rings. The van der Waals surface area contributed by atoms with Gasteiger partial charge in [-0.15, -0.1) is 10.2 Å². The van der Waals surface area contributed by atoms with E-state index in [2.05, 4.69) is 20.8 Å². The van der Waals surface area contributed by atoms with Gasteiger partial charge in [0.2, 0.25) is 0 Å². The van der Waals surface area contributed by atoms with Crippen LogP contribution < -0.4 is 10.6 Å². The van der Waals surface area contributed by atoms with Crippen molar-refractivity contribution in [2.75, 3.05) is 6.54 Å². The lowest BCUT2D eigenvalue weighted by atomic mass is 10.1. The van der Waals surface area contributed by atoms with Crippen LogP contribution in [0.15, 0.2) is 29.1 Å². The fourth-order valence-corrected chi connectivity index (χ4v) is 2.30. The molecule has 2 rings (SSSR count). The van der Waals surface area contributed by atoms with Gasteiger partial charge in [0.15, 0.2) is 0 Å². The number of nitrogens with zero attached hydrogens (tertiary/aromatic N) is 3. The van der Waals surface area contributed by atoms with Crippen LogP contribution in [0.3, 0.4) is 0 Å². The molecule has 126 valence electrons. The van der Waals surface area contributed by atoms with Gasteiger partial charge in [0.05, 0.1) is 6.26 Å². The third kappa shape index (κ3) is 5.10. The Kier molecular flexibility index (Phi) is 6.16. The van der Waals surface area contributed by atoms with Crippen LogP contribution in [0.4, 0.5) is 4.79 Å². The summed E-state index contributed by atoms with van der Waals surface area (Å²) in [5.74, 6) is 1.39. The molecule has 8 heteroatoms. The number of hydrogen-bond donors (Lipinski definition) is 3. The van der Waals surface area contributed by atoms with E-state index in [1.54, 1.807) is 18.5 Å². The molecule has 0 aliphatic carbocycles. The summed E-state index contributed by atoms with van der Waals surface area (Å²) in [6, 6.07) is 2.98. The second-order valence-electron chi connectivity index (χ2n) is 5.36. The Bertz CT molecular complexity index is 596. The van der Waals surface area contributed by atoms with Crippen LogP contribution in [0.25, 0.3) is 0 Å². The highest BCUT2D eigenvalue weighted by Crippen LogP contribution is 2.18. The van der Waals surface area contributed by atoms with Gasteiger partial charge in [-0.05, 0) is 19.1 Å². The van der Waals surface area contributed by atoms with Gasteiger partial charge in [0.25, 0.3) is 0 Å². The Morgan fingerprint density at radius 3 is 3.04 bits per heavy atom. The Labute approximate surface area is 134 Å². The first-order chi connectivity index (χ1) is 11.1. The Hall–Kier alpha value is -2.35. The van der Waals surface area contributed by atoms with Gasteiger partial charge in [-0.2, -0.15) is 0 Å². The van der Waals surface area contributed by atoms with Gasteiger partial charge in [0, 0.05) is 32.0 Å². The first-order valence-corrected chi connectivity index (χ1v) is 7.72. The molecule has 0 aliphatic heterocycles. The maximum Gasteiger partial charge on any atom is 0.315 e. The summed E-state index contributed by atoms with van der Waals surface area (Å²) in [6.07, 6.45) is 3.62. The number of aromatic nitrogens is 3. The van der Waals surface area contributed by atoms with Crippen molar-refractivity contribution in [2.45, 2.75) is 45.4 Å². The van der Waals surface area contributed by atoms with E-state index in [-0.39, 0.29) is 12.1 Å². The minimum Gasteiger partial charge on any atom is -0.467 e. The Balaban J connectivity index is 1.68. The highest BCUT2D eigenvalue weighted by Gasteiger charge is 2.16. The van der Waals surface area contributed by atoms with E-state index < -0.39 is 6.10 Å². The van der Waals surface area contributed by atoms with Crippen molar-refractivity contribution in [3.8, 4) is 0 Å². The summed E-state index contributed by atoms with van der Waals surface area (Å²) in [6.45, 7) is 4.94. The minimum atomic E-state index is -0.732. The minimum absolute atomic E-state index is 0.184. The summed E-state index contributed by atoms with van der Waals surface area (Å²) in [4.78, 5) is 11.8. The first kappa shape index (κ1) is 17.0. The smallest absolute Gasteiger partial charge is 0.315 e. The van der Waals surface area contributed by atoms with Gasteiger partial charge < -0.3 is 24.7 Å². The van der Waals surface area contributed by atoms with E-state index >= 15 is 0 Å². The lowest BCUT2D eigenvalue weighted by Crippen LogP contribution is -2.42. The van der Waals surface area contributed by atoms with Crippen molar-refractivity contribution >= 4 is 6.03 Å². The predicted octanol–water partition coefficient (Wildman–Crippen LogP) is 1.24. The summed E-state index contributed by atoms with van der Waals surface area (Å²) < 4.78 is 7.04. The second kappa shape index (κ2) is 8.33. The molecule has 2 aromatic heterocycles. The molecule has 0 bridgehead atoms. The summed E-state index contributed by atoms with van der Waals surface area (Å²) >= 11 is 0. The number of furan rings is 1. The molecule has 2 unspecified atom stereocenters. The molecule has 2 amide bonds. The molecule has 23 heavy (non-hydrogen) atoms. The number of hydrogen-bond acceptors (Lipinski definition) is 5. The average Bonchev–Trinajstić information content (AvgIpc) is 3.18. The molecule has 0 saturated heterocycles. The standard InChI is InChI=1S/C15H23N5O3/c1-3-14-19-17-10-20(14)7-6-16-15(22)18-11(2)9-12(21)13-5-4-8-23-13/h4-5,8,10-12,21H,3,6-7,9H2,1-2H3,(H2,16,18,22). The van der Waals surface area contributed by atoms with E-state index in [1.165, 1.54) is 6.26 Å².